The van der Waals surface area contributed by atoms with E-state index in [-0.39, 0.29) is 5.91 Å². The van der Waals surface area contributed by atoms with Gasteiger partial charge in [-0.3, -0.25) is 4.79 Å². The Kier molecular flexibility index (Phi) is 3.01. The highest BCUT2D eigenvalue weighted by Crippen LogP contribution is 2.33. The van der Waals surface area contributed by atoms with Gasteiger partial charge < -0.3 is 9.73 Å². The van der Waals surface area contributed by atoms with Crippen LogP contribution in [0.5, 0.6) is 0 Å². The zero-order chi connectivity index (χ0) is 16.0. The van der Waals surface area contributed by atoms with Crippen molar-refractivity contribution in [1.82, 2.24) is 15.5 Å². The fourth-order valence-corrected chi connectivity index (χ4v) is 2.95. The number of hydrogen-bond acceptors (Lipinski definition) is 4. The second-order valence-corrected chi connectivity index (χ2v) is 5.67. The van der Waals surface area contributed by atoms with Gasteiger partial charge in [0.2, 0.25) is 11.8 Å². The van der Waals surface area contributed by atoms with Gasteiger partial charge in [-0.2, -0.15) is 0 Å². The molecule has 5 heteroatoms. The summed E-state index contributed by atoms with van der Waals surface area (Å²) in [4.78, 5) is 11.8. The number of carbonyl (C=O) groups is 1. The largest absolute Gasteiger partial charge is 0.421 e. The van der Waals surface area contributed by atoms with Gasteiger partial charge in [-0.15, -0.1) is 10.2 Å². The lowest BCUT2D eigenvalue weighted by atomic mass is 9.94. The highest BCUT2D eigenvalue weighted by atomic mass is 16.4. The van der Waals surface area contributed by atoms with E-state index in [9.17, 15) is 4.79 Å². The first-order valence-corrected chi connectivity index (χ1v) is 7.45. The van der Waals surface area contributed by atoms with Gasteiger partial charge in [-0.25, -0.2) is 0 Å². The number of carbonyl (C=O) groups excluding carboxylic acids is 1. The third-order valence-electron chi connectivity index (χ3n) is 4.15. The molecule has 0 fully saturated rings. The first-order chi connectivity index (χ1) is 11.1. The molecule has 114 valence electrons. The average molecular weight is 305 g/mol. The highest BCUT2D eigenvalue weighted by molar-refractivity contribution is 6.00. The van der Waals surface area contributed by atoms with E-state index >= 15 is 0 Å². The van der Waals surface area contributed by atoms with Crippen LogP contribution in [0.1, 0.15) is 27.4 Å². The van der Waals surface area contributed by atoms with Crippen LogP contribution in [0.15, 0.2) is 40.8 Å². The molecule has 2 heterocycles. The molecule has 0 aliphatic carbocycles. The topological polar surface area (TPSA) is 68.0 Å². The molecule has 1 amide bonds. The lowest BCUT2D eigenvalue weighted by Gasteiger charge is -2.10. The van der Waals surface area contributed by atoms with E-state index in [1.807, 2.05) is 37.3 Å². The van der Waals surface area contributed by atoms with Crippen LogP contribution in [0, 0.1) is 13.8 Å². The van der Waals surface area contributed by atoms with Crippen LogP contribution in [-0.4, -0.2) is 16.1 Å². The van der Waals surface area contributed by atoms with Crippen molar-refractivity contribution in [3.8, 4) is 22.6 Å². The Morgan fingerprint density at radius 2 is 1.87 bits per heavy atom. The van der Waals surface area contributed by atoms with Crippen molar-refractivity contribution in [2.45, 2.75) is 20.4 Å². The molecule has 1 N–H and O–H groups in total. The van der Waals surface area contributed by atoms with Crippen LogP contribution in [0.25, 0.3) is 22.6 Å². The van der Waals surface area contributed by atoms with E-state index in [1.54, 1.807) is 6.92 Å². The molecular formula is C18H15N3O2. The van der Waals surface area contributed by atoms with Gasteiger partial charge in [-0.1, -0.05) is 24.3 Å². The molecule has 2 aromatic carbocycles. The van der Waals surface area contributed by atoms with Crippen molar-refractivity contribution in [2.75, 3.05) is 0 Å². The molecule has 1 aliphatic rings. The third-order valence-corrected chi connectivity index (χ3v) is 4.15. The minimum Gasteiger partial charge on any atom is -0.421 e. The Labute approximate surface area is 133 Å². The average Bonchev–Trinajstić information content (AvgIpc) is 3.14. The third kappa shape index (κ3) is 2.21. The monoisotopic (exact) mass is 305 g/mol. The van der Waals surface area contributed by atoms with Crippen LogP contribution in [0.4, 0.5) is 0 Å². The van der Waals surface area contributed by atoms with Crippen LogP contribution in [-0.2, 0) is 6.54 Å². The van der Waals surface area contributed by atoms with E-state index in [0.717, 1.165) is 33.4 Å². The maximum Gasteiger partial charge on any atom is 0.251 e. The number of hydrogen-bond donors (Lipinski definition) is 1. The Morgan fingerprint density at radius 3 is 2.65 bits per heavy atom. The summed E-state index contributed by atoms with van der Waals surface area (Å²) in [7, 11) is 0. The second-order valence-electron chi connectivity index (χ2n) is 5.67. The number of fused-ring (bicyclic) bond motifs is 1. The van der Waals surface area contributed by atoms with E-state index in [1.165, 1.54) is 0 Å². The molecule has 0 radical (unpaired) electrons. The molecule has 0 atom stereocenters. The fourth-order valence-electron chi connectivity index (χ4n) is 2.95. The molecule has 3 aromatic rings. The zero-order valence-corrected chi connectivity index (χ0v) is 12.9. The number of aromatic nitrogens is 2. The lowest BCUT2D eigenvalue weighted by Crippen LogP contribution is -2.12. The fraction of sp³-hybridized carbons (Fsp3) is 0.167. The summed E-state index contributed by atoms with van der Waals surface area (Å²) < 4.78 is 5.56. The predicted molar refractivity (Wildman–Crippen MR) is 85.8 cm³/mol. The van der Waals surface area contributed by atoms with Crippen LogP contribution in [0.2, 0.25) is 0 Å². The minimum absolute atomic E-state index is 0.0123. The molecule has 0 spiro atoms. The second kappa shape index (κ2) is 5.05. The van der Waals surface area contributed by atoms with Gasteiger partial charge >= 0.3 is 0 Å². The smallest absolute Gasteiger partial charge is 0.251 e. The zero-order valence-electron chi connectivity index (χ0n) is 12.9. The molecular weight excluding hydrogens is 290 g/mol. The molecule has 0 saturated carbocycles. The van der Waals surface area contributed by atoms with Crippen molar-refractivity contribution in [3.63, 3.8) is 0 Å². The number of nitrogens with one attached hydrogen (secondary N) is 1. The van der Waals surface area contributed by atoms with E-state index in [0.29, 0.717) is 18.3 Å². The summed E-state index contributed by atoms with van der Waals surface area (Å²) in [5.74, 6) is 1.05. The van der Waals surface area contributed by atoms with Gasteiger partial charge in [0.25, 0.3) is 5.91 Å². The van der Waals surface area contributed by atoms with Gasteiger partial charge in [0.1, 0.15) is 0 Å². The van der Waals surface area contributed by atoms with Gasteiger partial charge in [0.15, 0.2) is 0 Å². The quantitative estimate of drug-likeness (QED) is 0.789. The van der Waals surface area contributed by atoms with E-state index < -0.39 is 0 Å². The van der Waals surface area contributed by atoms with Crippen molar-refractivity contribution >= 4 is 5.91 Å². The molecule has 0 bridgehead atoms. The van der Waals surface area contributed by atoms with Crippen molar-refractivity contribution in [3.05, 3.63) is 59.0 Å². The standard InChI is InChI=1S/C18H15N3O2/c1-10-6-7-12(8-15(10)18-21-20-11(2)23-18)13-4-3-5-14-16(13)9-19-17(14)22/h3-8H,9H2,1-2H3,(H,19,22). The van der Waals surface area contributed by atoms with Crippen LogP contribution < -0.4 is 5.32 Å². The summed E-state index contributed by atoms with van der Waals surface area (Å²) in [5.41, 5.74) is 5.86. The summed E-state index contributed by atoms with van der Waals surface area (Å²) in [6, 6.07) is 11.9. The number of benzene rings is 2. The van der Waals surface area contributed by atoms with Crippen molar-refractivity contribution in [2.24, 2.45) is 0 Å². The lowest BCUT2D eigenvalue weighted by molar-refractivity contribution is 0.0966. The van der Waals surface area contributed by atoms with Gasteiger partial charge in [0.05, 0.1) is 0 Å². The molecule has 0 saturated heterocycles. The van der Waals surface area contributed by atoms with Crippen LogP contribution >= 0.6 is 0 Å². The Hall–Kier alpha value is -2.95. The SMILES string of the molecule is Cc1nnc(-c2cc(-c3cccc4c3CNC4=O)ccc2C)o1. The number of aryl methyl sites for hydroxylation is 2. The molecule has 0 unspecified atom stereocenters. The molecule has 5 nitrogen and oxygen atoms in total. The summed E-state index contributed by atoms with van der Waals surface area (Å²) >= 11 is 0. The normalized spacial score (nSPS) is 13.0. The van der Waals surface area contributed by atoms with Crippen molar-refractivity contribution in [1.29, 1.82) is 0 Å². The van der Waals surface area contributed by atoms with E-state index in [2.05, 4.69) is 21.6 Å². The number of amides is 1. The Morgan fingerprint density at radius 1 is 1.04 bits per heavy atom. The predicted octanol–water partition coefficient (Wildman–Crippen LogP) is 3.26. The minimum atomic E-state index is -0.0123. The van der Waals surface area contributed by atoms with Gasteiger partial charge in [-0.05, 0) is 41.3 Å². The molecule has 23 heavy (non-hydrogen) atoms. The number of nitrogens with zero attached hydrogens (tertiary/aromatic N) is 2. The van der Waals surface area contributed by atoms with E-state index in [4.69, 9.17) is 4.42 Å². The first-order valence-electron chi connectivity index (χ1n) is 7.45. The summed E-state index contributed by atoms with van der Waals surface area (Å²) in [6.07, 6.45) is 0. The first kappa shape index (κ1) is 13.7. The maximum absolute atomic E-state index is 11.8. The number of rotatable bonds is 2. The summed E-state index contributed by atoms with van der Waals surface area (Å²) in [6.45, 7) is 4.35. The van der Waals surface area contributed by atoms with Crippen LogP contribution in [0.3, 0.4) is 0 Å². The van der Waals surface area contributed by atoms with Gasteiger partial charge in [0, 0.05) is 24.6 Å². The Balaban J connectivity index is 1.87. The summed E-state index contributed by atoms with van der Waals surface area (Å²) in [5, 5.41) is 10.9. The molecule has 4 rings (SSSR count). The van der Waals surface area contributed by atoms with Crippen molar-refractivity contribution < 1.29 is 9.21 Å². The highest BCUT2D eigenvalue weighted by Gasteiger charge is 2.22. The maximum atomic E-state index is 11.8. The molecule has 1 aliphatic heterocycles. The Bertz CT molecular complexity index is 928. The molecule has 1 aromatic heterocycles.